The van der Waals surface area contributed by atoms with Crippen LogP contribution in [-0.2, 0) is 11.3 Å². The summed E-state index contributed by atoms with van der Waals surface area (Å²) in [6.07, 6.45) is -1.65. The van der Waals surface area contributed by atoms with E-state index in [-0.39, 0.29) is 12.3 Å². The van der Waals surface area contributed by atoms with Crippen LogP contribution in [0.2, 0.25) is 0 Å². The quantitative estimate of drug-likeness (QED) is 0.334. The van der Waals surface area contributed by atoms with Crippen molar-refractivity contribution < 1.29 is 34.6 Å². The minimum Gasteiger partial charge on any atom is -0.507 e. The molecular formula is C19H23N5O7. The molecule has 12 nitrogen and oxygen atoms in total. The summed E-state index contributed by atoms with van der Waals surface area (Å²) in [5.41, 5.74) is 1.25. The van der Waals surface area contributed by atoms with Crippen molar-refractivity contribution in [1.29, 1.82) is 0 Å². The number of aromatic nitrogens is 4. The van der Waals surface area contributed by atoms with Crippen LogP contribution in [0, 0.1) is 0 Å². The second kappa shape index (κ2) is 8.51. The average Bonchev–Trinajstić information content (AvgIpc) is 3.33. The highest BCUT2D eigenvalue weighted by Crippen LogP contribution is 2.35. The molecule has 12 heteroatoms. The molecule has 0 aliphatic carbocycles. The number of phenols is 1. The van der Waals surface area contributed by atoms with Gasteiger partial charge in [-0.15, -0.1) is 0 Å². The third-order valence-electron chi connectivity index (χ3n) is 5.20. The topological polar surface area (TPSA) is 164 Å². The van der Waals surface area contributed by atoms with Gasteiger partial charge in [-0.05, 0) is 0 Å². The molecule has 0 radical (unpaired) electrons. The lowest BCUT2D eigenvalue weighted by Gasteiger charge is -2.16. The maximum atomic E-state index is 10.3. The molecule has 4 atom stereocenters. The van der Waals surface area contributed by atoms with Gasteiger partial charge in [-0.3, -0.25) is 4.57 Å². The Balaban J connectivity index is 1.61. The van der Waals surface area contributed by atoms with Gasteiger partial charge in [0, 0.05) is 18.7 Å². The van der Waals surface area contributed by atoms with E-state index in [0.29, 0.717) is 34.0 Å². The third-order valence-corrected chi connectivity index (χ3v) is 5.20. The normalized spacial score (nSPS) is 23.3. The van der Waals surface area contributed by atoms with Crippen LogP contribution >= 0.6 is 0 Å². The Morgan fingerprint density at radius 1 is 1.13 bits per heavy atom. The van der Waals surface area contributed by atoms with Gasteiger partial charge in [-0.2, -0.15) is 0 Å². The summed E-state index contributed by atoms with van der Waals surface area (Å²) in [4.78, 5) is 12.7. The highest BCUT2D eigenvalue weighted by Gasteiger charge is 2.44. The van der Waals surface area contributed by atoms with Crippen molar-refractivity contribution in [2.24, 2.45) is 0 Å². The fourth-order valence-electron chi connectivity index (χ4n) is 3.53. The minimum absolute atomic E-state index is 0.00830. The van der Waals surface area contributed by atoms with E-state index >= 15 is 0 Å². The van der Waals surface area contributed by atoms with Gasteiger partial charge in [0.05, 0.1) is 32.7 Å². The highest BCUT2D eigenvalue weighted by molar-refractivity contribution is 5.82. The first-order chi connectivity index (χ1) is 15.0. The van der Waals surface area contributed by atoms with E-state index in [2.05, 4.69) is 20.3 Å². The van der Waals surface area contributed by atoms with E-state index < -0.39 is 31.1 Å². The second-order valence-electron chi connectivity index (χ2n) is 6.96. The molecule has 0 spiro atoms. The minimum atomic E-state index is -1.26. The summed E-state index contributed by atoms with van der Waals surface area (Å²) < 4.78 is 17.5. The molecule has 166 valence electrons. The fraction of sp³-hybridized carbons (Fsp3) is 0.421. The molecule has 1 aliphatic rings. The zero-order valence-corrected chi connectivity index (χ0v) is 16.8. The molecule has 2 aromatic heterocycles. The largest absolute Gasteiger partial charge is 0.507 e. The summed E-state index contributed by atoms with van der Waals surface area (Å²) >= 11 is 0. The van der Waals surface area contributed by atoms with Crippen molar-refractivity contribution in [1.82, 2.24) is 19.5 Å². The lowest BCUT2D eigenvalue weighted by molar-refractivity contribution is -0.0511. The number of aromatic hydroxyl groups is 1. The number of rotatable bonds is 7. The predicted octanol–water partition coefficient (Wildman–Crippen LogP) is -0.227. The average molecular weight is 433 g/mol. The zero-order valence-electron chi connectivity index (χ0n) is 16.8. The first-order valence-electron chi connectivity index (χ1n) is 9.46. The lowest BCUT2D eigenvalue weighted by Crippen LogP contribution is -2.33. The molecule has 31 heavy (non-hydrogen) atoms. The Hall–Kier alpha value is -3.19. The number of phenolic OH excluding ortho intramolecular Hbond substituents is 1. The number of ether oxygens (including phenoxy) is 3. The van der Waals surface area contributed by atoms with Crippen LogP contribution in [0.25, 0.3) is 11.2 Å². The number of hydrogen-bond donors (Lipinski definition) is 5. The first-order valence-corrected chi connectivity index (χ1v) is 9.46. The molecule has 3 heterocycles. The number of nitrogens with zero attached hydrogens (tertiary/aromatic N) is 4. The summed E-state index contributed by atoms with van der Waals surface area (Å²) in [5.74, 6) is 1.27. The molecule has 0 amide bonds. The van der Waals surface area contributed by atoms with Gasteiger partial charge in [-0.1, -0.05) is 0 Å². The summed E-state index contributed by atoms with van der Waals surface area (Å²) in [7, 11) is 2.98. The van der Waals surface area contributed by atoms with Gasteiger partial charge in [0.25, 0.3) is 0 Å². The fourth-order valence-corrected chi connectivity index (χ4v) is 3.53. The molecule has 3 aromatic rings. The van der Waals surface area contributed by atoms with Crippen LogP contribution in [0.4, 0.5) is 5.82 Å². The van der Waals surface area contributed by atoms with Crippen molar-refractivity contribution in [3.05, 3.63) is 30.4 Å². The van der Waals surface area contributed by atoms with E-state index in [1.54, 1.807) is 6.07 Å². The van der Waals surface area contributed by atoms with E-state index in [4.69, 9.17) is 14.2 Å². The smallest absolute Gasteiger partial charge is 0.167 e. The van der Waals surface area contributed by atoms with Crippen LogP contribution in [0.5, 0.6) is 17.2 Å². The molecule has 0 bridgehead atoms. The SMILES string of the molecule is COc1cc(O)c(CNc2ncnc3c2ncn3C2O[C@H](CO)[C@@H](O)[C@H]2O)c(OC)c1. The van der Waals surface area contributed by atoms with Crippen LogP contribution in [0.15, 0.2) is 24.8 Å². The van der Waals surface area contributed by atoms with Crippen LogP contribution < -0.4 is 14.8 Å². The molecule has 0 saturated carbocycles. The van der Waals surface area contributed by atoms with Crippen molar-refractivity contribution in [3.63, 3.8) is 0 Å². The summed E-state index contributed by atoms with van der Waals surface area (Å²) in [6, 6.07) is 3.13. The van der Waals surface area contributed by atoms with Gasteiger partial charge in [0.2, 0.25) is 0 Å². The first kappa shape index (κ1) is 21.1. The maximum absolute atomic E-state index is 10.3. The number of anilines is 1. The maximum Gasteiger partial charge on any atom is 0.167 e. The Kier molecular flexibility index (Phi) is 5.78. The van der Waals surface area contributed by atoms with Gasteiger partial charge < -0.3 is 40.0 Å². The van der Waals surface area contributed by atoms with Crippen LogP contribution in [0.1, 0.15) is 11.8 Å². The van der Waals surface area contributed by atoms with Gasteiger partial charge in [-0.25, -0.2) is 15.0 Å². The van der Waals surface area contributed by atoms with Crippen molar-refractivity contribution >= 4 is 17.0 Å². The number of nitrogens with one attached hydrogen (secondary N) is 1. The molecular weight excluding hydrogens is 410 g/mol. The second-order valence-corrected chi connectivity index (χ2v) is 6.96. The lowest BCUT2D eigenvalue weighted by atomic mass is 10.1. The monoisotopic (exact) mass is 433 g/mol. The third kappa shape index (κ3) is 3.70. The number of benzene rings is 1. The Labute approximate surface area is 176 Å². The van der Waals surface area contributed by atoms with Crippen molar-refractivity contribution in [2.45, 2.75) is 31.1 Å². The molecule has 4 rings (SSSR count). The van der Waals surface area contributed by atoms with Gasteiger partial charge >= 0.3 is 0 Å². The number of methoxy groups -OCH3 is 2. The van der Waals surface area contributed by atoms with E-state index in [1.165, 1.54) is 37.5 Å². The van der Waals surface area contributed by atoms with Crippen LogP contribution in [-0.4, -0.2) is 79.1 Å². The Bertz CT molecular complexity index is 1080. The Morgan fingerprint density at radius 3 is 2.61 bits per heavy atom. The molecule has 5 N–H and O–H groups in total. The zero-order chi connectivity index (χ0) is 22.1. The molecule has 1 aliphatic heterocycles. The van der Waals surface area contributed by atoms with Gasteiger partial charge in [0.1, 0.15) is 41.9 Å². The molecule has 1 saturated heterocycles. The summed E-state index contributed by atoms with van der Waals surface area (Å²) in [6.45, 7) is -0.262. The van der Waals surface area contributed by atoms with E-state index in [0.717, 1.165) is 0 Å². The van der Waals surface area contributed by atoms with Gasteiger partial charge in [0.15, 0.2) is 23.2 Å². The van der Waals surface area contributed by atoms with E-state index in [1.807, 2.05) is 0 Å². The molecule has 1 fully saturated rings. The van der Waals surface area contributed by atoms with Crippen molar-refractivity contribution in [3.8, 4) is 17.2 Å². The number of hydrogen-bond acceptors (Lipinski definition) is 11. The van der Waals surface area contributed by atoms with Crippen molar-refractivity contribution in [2.75, 3.05) is 26.1 Å². The van der Waals surface area contributed by atoms with E-state index in [9.17, 15) is 20.4 Å². The molecule has 1 aromatic carbocycles. The predicted molar refractivity (Wildman–Crippen MR) is 107 cm³/mol. The number of imidazole rings is 1. The number of fused-ring (bicyclic) bond motifs is 1. The highest BCUT2D eigenvalue weighted by atomic mass is 16.6. The molecule has 1 unspecified atom stereocenters. The number of aliphatic hydroxyl groups excluding tert-OH is 3. The number of aliphatic hydroxyl groups is 3. The Morgan fingerprint density at radius 2 is 1.94 bits per heavy atom. The summed E-state index contributed by atoms with van der Waals surface area (Å²) in [5, 5.41) is 43.1. The van der Waals surface area contributed by atoms with Crippen LogP contribution in [0.3, 0.4) is 0 Å². The standard InChI is InChI=1S/C19H23N5O7/c1-29-9-3-11(26)10(12(4-9)30-2)5-20-17-14-18(22-7-21-17)24(8-23-14)19-16(28)15(27)13(6-25)31-19/h3-4,7-8,13,15-16,19,25-28H,5-6H2,1-2H3,(H,20,21,22)/t13-,15-,16-,19?/m1/s1.